The van der Waals surface area contributed by atoms with Crippen molar-refractivity contribution in [3.63, 3.8) is 0 Å². The second kappa shape index (κ2) is 9.43. The molecule has 2 aromatic rings. The maximum Gasteiger partial charge on any atom is 0.271 e. The van der Waals surface area contributed by atoms with Gasteiger partial charge in [0.15, 0.2) is 0 Å². The molecule has 3 rings (SSSR count). The second-order valence-electron chi connectivity index (χ2n) is 7.91. The zero-order valence-corrected chi connectivity index (χ0v) is 18.6. The number of hydrogen-bond acceptors (Lipinski definition) is 4. The van der Waals surface area contributed by atoms with Crippen LogP contribution in [-0.2, 0) is 16.6 Å². The molecule has 6 nitrogen and oxygen atoms in total. The topological polar surface area (TPSA) is 78.8 Å². The van der Waals surface area contributed by atoms with Gasteiger partial charge in [-0.25, -0.2) is 13.8 Å². The van der Waals surface area contributed by atoms with E-state index in [4.69, 9.17) is 0 Å². The van der Waals surface area contributed by atoms with E-state index in [9.17, 15) is 13.2 Å². The smallest absolute Gasteiger partial charge is 0.267 e. The van der Waals surface area contributed by atoms with E-state index in [2.05, 4.69) is 10.5 Å². The van der Waals surface area contributed by atoms with Crippen molar-refractivity contribution in [1.82, 2.24) is 5.43 Å². The van der Waals surface area contributed by atoms with Crippen molar-refractivity contribution in [3.05, 3.63) is 64.7 Å². The van der Waals surface area contributed by atoms with E-state index in [1.165, 1.54) is 17.0 Å². The third kappa shape index (κ3) is 5.69. The third-order valence-corrected chi connectivity index (χ3v) is 6.61. The Morgan fingerprint density at radius 1 is 1.00 bits per heavy atom. The van der Waals surface area contributed by atoms with Crippen molar-refractivity contribution >= 4 is 27.3 Å². The first-order valence-corrected chi connectivity index (χ1v) is 12.1. The van der Waals surface area contributed by atoms with Crippen LogP contribution in [0, 0.1) is 13.8 Å². The number of rotatable bonds is 6. The maximum absolute atomic E-state index is 12.4. The number of anilines is 1. The minimum absolute atomic E-state index is 0.200. The first kappa shape index (κ1) is 22.0. The molecule has 0 aliphatic heterocycles. The number of carbonyl (C=O) groups excluding carboxylic acids is 1. The van der Waals surface area contributed by atoms with Gasteiger partial charge < -0.3 is 0 Å². The van der Waals surface area contributed by atoms with Crippen molar-refractivity contribution in [3.8, 4) is 0 Å². The summed E-state index contributed by atoms with van der Waals surface area (Å²) in [6.07, 6.45) is 6.56. The van der Waals surface area contributed by atoms with E-state index in [-0.39, 0.29) is 12.5 Å². The summed E-state index contributed by atoms with van der Waals surface area (Å²) in [6, 6.07) is 12.6. The highest BCUT2D eigenvalue weighted by Crippen LogP contribution is 2.23. The molecule has 0 radical (unpaired) electrons. The van der Waals surface area contributed by atoms with E-state index in [0.29, 0.717) is 11.3 Å². The zero-order valence-electron chi connectivity index (χ0n) is 17.8. The lowest BCUT2D eigenvalue weighted by Crippen LogP contribution is -2.29. The van der Waals surface area contributed by atoms with Crippen LogP contribution in [0.2, 0.25) is 0 Å². The predicted octanol–water partition coefficient (Wildman–Crippen LogP) is 4.32. The van der Waals surface area contributed by atoms with Crippen molar-refractivity contribution in [2.45, 2.75) is 52.5 Å². The van der Waals surface area contributed by atoms with Gasteiger partial charge in [-0.2, -0.15) is 5.10 Å². The van der Waals surface area contributed by atoms with Crippen molar-refractivity contribution < 1.29 is 13.2 Å². The quantitative estimate of drug-likeness (QED) is 0.698. The van der Waals surface area contributed by atoms with E-state index in [0.717, 1.165) is 48.1 Å². The van der Waals surface area contributed by atoms with Gasteiger partial charge in [-0.1, -0.05) is 24.6 Å². The number of amides is 1. The van der Waals surface area contributed by atoms with Gasteiger partial charge >= 0.3 is 0 Å². The lowest BCUT2D eigenvalue weighted by molar-refractivity contribution is 0.0954. The summed E-state index contributed by atoms with van der Waals surface area (Å²) in [6.45, 7) is 4.15. The van der Waals surface area contributed by atoms with Gasteiger partial charge in [0.1, 0.15) is 0 Å². The number of carbonyl (C=O) groups is 1. The van der Waals surface area contributed by atoms with Gasteiger partial charge in [0, 0.05) is 11.3 Å². The highest BCUT2D eigenvalue weighted by Gasteiger charge is 2.18. The number of hydrogen-bond donors (Lipinski definition) is 1. The van der Waals surface area contributed by atoms with Gasteiger partial charge in [-0.3, -0.25) is 9.10 Å². The Kier molecular flexibility index (Phi) is 6.92. The Labute approximate surface area is 179 Å². The van der Waals surface area contributed by atoms with Crippen LogP contribution in [0.4, 0.5) is 5.69 Å². The van der Waals surface area contributed by atoms with Gasteiger partial charge in [-0.05, 0) is 80.5 Å². The lowest BCUT2D eigenvalue weighted by atomic mass is 9.99. The van der Waals surface area contributed by atoms with Crippen molar-refractivity contribution in [2.24, 2.45) is 5.10 Å². The van der Waals surface area contributed by atoms with E-state index in [1.807, 2.05) is 32.0 Å². The van der Waals surface area contributed by atoms with Crippen LogP contribution < -0.4 is 9.73 Å². The average molecular weight is 428 g/mol. The maximum atomic E-state index is 12.4. The molecule has 0 aromatic heterocycles. The van der Waals surface area contributed by atoms with Crippen LogP contribution in [0.3, 0.4) is 0 Å². The number of nitrogens with zero attached hydrogens (tertiary/aromatic N) is 2. The minimum atomic E-state index is -3.46. The van der Waals surface area contributed by atoms with Crippen LogP contribution in [0.15, 0.2) is 47.6 Å². The predicted molar refractivity (Wildman–Crippen MR) is 121 cm³/mol. The van der Waals surface area contributed by atoms with Crippen molar-refractivity contribution in [1.29, 1.82) is 0 Å². The molecule has 0 saturated heterocycles. The normalized spacial score (nSPS) is 14.3. The van der Waals surface area contributed by atoms with Gasteiger partial charge in [0.25, 0.3) is 5.91 Å². The molecule has 7 heteroatoms. The number of hydrazone groups is 1. The molecule has 1 N–H and O–H groups in total. The second-order valence-corrected chi connectivity index (χ2v) is 9.82. The Bertz CT molecular complexity index is 1040. The molecule has 0 heterocycles. The summed E-state index contributed by atoms with van der Waals surface area (Å²) in [5.74, 6) is -0.256. The molecule has 160 valence electrons. The van der Waals surface area contributed by atoms with Gasteiger partial charge in [0.2, 0.25) is 10.0 Å². The molecular weight excluding hydrogens is 398 g/mol. The number of nitrogens with one attached hydrogen (secondary N) is 1. The summed E-state index contributed by atoms with van der Waals surface area (Å²) >= 11 is 0. The zero-order chi connectivity index (χ0) is 21.7. The van der Waals surface area contributed by atoms with Crippen LogP contribution in [-0.4, -0.2) is 26.3 Å². The summed E-state index contributed by atoms with van der Waals surface area (Å²) in [5.41, 5.74) is 7.75. The van der Waals surface area contributed by atoms with Crippen LogP contribution in [0.5, 0.6) is 0 Å². The molecule has 0 spiro atoms. The highest BCUT2D eigenvalue weighted by atomic mass is 32.2. The summed E-state index contributed by atoms with van der Waals surface area (Å²) in [5, 5.41) is 4.25. The molecule has 0 unspecified atom stereocenters. The fourth-order valence-electron chi connectivity index (χ4n) is 3.47. The van der Waals surface area contributed by atoms with Crippen molar-refractivity contribution in [2.75, 3.05) is 10.6 Å². The number of aryl methyl sites for hydroxylation is 2. The fourth-order valence-corrected chi connectivity index (χ4v) is 4.35. The summed E-state index contributed by atoms with van der Waals surface area (Å²) < 4.78 is 26.2. The Morgan fingerprint density at radius 3 is 2.27 bits per heavy atom. The largest absolute Gasteiger partial charge is 0.271 e. The lowest BCUT2D eigenvalue weighted by Gasteiger charge is -2.23. The molecular formula is C23H29N3O3S. The first-order valence-electron chi connectivity index (χ1n) is 10.2. The Balaban J connectivity index is 1.72. The Morgan fingerprint density at radius 2 is 1.67 bits per heavy atom. The van der Waals surface area contributed by atoms with Gasteiger partial charge in [0.05, 0.1) is 18.5 Å². The SMILES string of the molecule is Cc1ccc(N(Cc2ccc(C(=O)NN=C3CCCCC3)cc2)S(C)(=O)=O)cc1C. The van der Waals surface area contributed by atoms with Gasteiger partial charge in [-0.15, -0.1) is 0 Å². The molecule has 30 heavy (non-hydrogen) atoms. The van der Waals surface area contributed by atoms with Crippen LogP contribution in [0.1, 0.15) is 59.2 Å². The monoisotopic (exact) mass is 427 g/mol. The minimum Gasteiger partial charge on any atom is -0.267 e. The fraction of sp³-hybridized carbons (Fsp3) is 0.391. The molecule has 0 bridgehead atoms. The molecule has 1 fully saturated rings. The molecule has 1 amide bonds. The molecule has 1 aliphatic carbocycles. The van der Waals surface area contributed by atoms with E-state index in [1.54, 1.807) is 24.3 Å². The summed E-state index contributed by atoms with van der Waals surface area (Å²) in [4.78, 5) is 12.3. The van der Waals surface area contributed by atoms with Crippen LogP contribution >= 0.6 is 0 Å². The molecule has 2 aromatic carbocycles. The molecule has 1 aliphatic rings. The average Bonchev–Trinajstić information content (AvgIpc) is 2.73. The van der Waals surface area contributed by atoms with Crippen LogP contribution in [0.25, 0.3) is 0 Å². The third-order valence-electron chi connectivity index (χ3n) is 5.47. The Hall–Kier alpha value is -2.67. The standard InChI is InChI=1S/C23H29N3O3S/c1-17-9-14-22(15-18(17)2)26(30(3,28)29)16-19-10-12-20(13-11-19)23(27)25-24-21-7-5-4-6-8-21/h9-15H,4-8,16H2,1-3H3,(H,25,27). The molecule has 0 atom stereocenters. The molecule has 1 saturated carbocycles. The summed E-state index contributed by atoms with van der Waals surface area (Å²) in [7, 11) is -3.46. The van der Waals surface area contributed by atoms with E-state index >= 15 is 0 Å². The highest BCUT2D eigenvalue weighted by molar-refractivity contribution is 7.92. The first-order chi connectivity index (χ1) is 14.2. The number of sulfonamides is 1. The number of benzene rings is 2. The van der Waals surface area contributed by atoms with E-state index < -0.39 is 10.0 Å².